The second-order valence-corrected chi connectivity index (χ2v) is 8.52. The topological polar surface area (TPSA) is 47.6 Å². The molecule has 0 unspecified atom stereocenters. The molecule has 4 nitrogen and oxygen atoms in total. The first-order valence-electron chi connectivity index (χ1n) is 9.39. The van der Waals surface area contributed by atoms with Gasteiger partial charge < -0.3 is 14.8 Å². The first kappa shape index (κ1) is 17.2. The van der Waals surface area contributed by atoms with Crippen molar-refractivity contribution in [1.29, 1.82) is 0 Å². The molecule has 5 rings (SSSR count). The maximum Gasteiger partial charge on any atom is 0.344 e. The van der Waals surface area contributed by atoms with Crippen LogP contribution in [0.1, 0.15) is 38.5 Å². The molecule has 4 bridgehead atoms. The Kier molecular flexibility index (Phi) is 4.92. The van der Waals surface area contributed by atoms with Crippen LogP contribution < -0.4 is 10.1 Å². The average molecular weight is 364 g/mol. The molecule has 5 heteroatoms. The predicted octanol–water partition coefficient (Wildman–Crippen LogP) is 3.82. The van der Waals surface area contributed by atoms with Gasteiger partial charge in [-0.2, -0.15) is 0 Å². The highest BCUT2D eigenvalue weighted by molar-refractivity contribution is 6.30. The van der Waals surface area contributed by atoms with Crippen LogP contribution in [-0.4, -0.2) is 31.3 Å². The third-order valence-electron chi connectivity index (χ3n) is 6.07. The molecule has 0 radical (unpaired) electrons. The first-order chi connectivity index (χ1) is 12.1. The van der Waals surface area contributed by atoms with Gasteiger partial charge >= 0.3 is 5.97 Å². The highest BCUT2D eigenvalue weighted by Gasteiger charge is 2.50. The van der Waals surface area contributed by atoms with Crippen molar-refractivity contribution in [3.8, 4) is 5.75 Å². The molecule has 0 heterocycles. The molecule has 4 saturated carbocycles. The van der Waals surface area contributed by atoms with Crippen molar-refractivity contribution in [2.75, 3.05) is 19.8 Å². The van der Waals surface area contributed by atoms with Gasteiger partial charge in [0.15, 0.2) is 6.61 Å². The number of ether oxygens (including phenoxy) is 2. The van der Waals surface area contributed by atoms with E-state index in [2.05, 4.69) is 5.32 Å². The number of hydrogen-bond donors (Lipinski definition) is 1. The Balaban J connectivity index is 1.16. The summed E-state index contributed by atoms with van der Waals surface area (Å²) in [6.45, 7) is 1.07. The highest BCUT2D eigenvalue weighted by atomic mass is 35.5. The summed E-state index contributed by atoms with van der Waals surface area (Å²) in [5, 5.41) is 4.37. The van der Waals surface area contributed by atoms with Gasteiger partial charge in [-0.1, -0.05) is 11.6 Å². The zero-order valence-corrected chi connectivity index (χ0v) is 15.3. The molecule has 0 atom stereocenters. The van der Waals surface area contributed by atoms with E-state index in [1.165, 1.54) is 38.5 Å². The van der Waals surface area contributed by atoms with E-state index in [4.69, 9.17) is 21.1 Å². The Morgan fingerprint density at radius 3 is 2.28 bits per heavy atom. The zero-order chi connectivity index (χ0) is 17.3. The van der Waals surface area contributed by atoms with Gasteiger partial charge in [0.1, 0.15) is 12.4 Å². The number of halogens is 1. The molecule has 4 aliphatic rings. The van der Waals surface area contributed by atoms with Crippen molar-refractivity contribution in [2.24, 2.45) is 17.8 Å². The Hall–Kier alpha value is -1.26. The lowest BCUT2D eigenvalue weighted by Gasteiger charge is -2.57. The molecule has 1 aromatic rings. The van der Waals surface area contributed by atoms with Gasteiger partial charge in [-0.3, -0.25) is 0 Å². The van der Waals surface area contributed by atoms with Gasteiger partial charge in [0.25, 0.3) is 0 Å². The number of benzene rings is 1. The third kappa shape index (κ3) is 4.12. The van der Waals surface area contributed by atoms with Gasteiger partial charge in [-0.15, -0.1) is 0 Å². The lowest BCUT2D eigenvalue weighted by Crippen LogP contribution is -2.58. The van der Waals surface area contributed by atoms with Crippen LogP contribution in [0.3, 0.4) is 0 Å². The van der Waals surface area contributed by atoms with E-state index >= 15 is 0 Å². The number of carbonyl (C=O) groups is 1. The number of esters is 1. The number of hydrogen-bond acceptors (Lipinski definition) is 4. The largest absolute Gasteiger partial charge is 0.482 e. The summed E-state index contributed by atoms with van der Waals surface area (Å²) < 4.78 is 10.7. The fraction of sp³-hybridized carbons (Fsp3) is 0.650. The number of rotatable bonds is 7. The van der Waals surface area contributed by atoms with E-state index < -0.39 is 0 Å². The van der Waals surface area contributed by atoms with E-state index in [9.17, 15) is 4.79 Å². The van der Waals surface area contributed by atoms with Crippen LogP contribution in [0.15, 0.2) is 24.3 Å². The van der Waals surface area contributed by atoms with Crippen molar-refractivity contribution in [2.45, 2.75) is 44.1 Å². The van der Waals surface area contributed by atoms with Crippen LogP contribution in [0.2, 0.25) is 5.02 Å². The smallest absolute Gasteiger partial charge is 0.344 e. The van der Waals surface area contributed by atoms with Crippen LogP contribution in [0, 0.1) is 17.8 Å². The fourth-order valence-electron chi connectivity index (χ4n) is 5.52. The summed E-state index contributed by atoms with van der Waals surface area (Å²) in [6, 6.07) is 6.95. The van der Waals surface area contributed by atoms with Crippen molar-refractivity contribution in [1.82, 2.24) is 5.32 Å². The molecule has 136 valence electrons. The minimum Gasteiger partial charge on any atom is -0.482 e. The van der Waals surface area contributed by atoms with E-state index in [1.54, 1.807) is 24.3 Å². The van der Waals surface area contributed by atoms with Gasteiger partial charge in [-0.05, 0) is 80.5 Å². The molecule has 0 saturated heterocycles. The minimum atomic E-state index is -0.331. The Labute approximate surface area is 154 Å². The molecule has 4 fully saturated rings. The molecule has 1 N–H and O–H groups in total. The van der Waals surface area contributed by atoms with Crippen LogP contribution in [-0.2, 0) is 9.53 Å². The van der Waals surface area contributed by atoms with E-state index in [-0.39, 0.29) is 12.6 Å². The van der Waals surface area contributed by atoms with Crippen molar-refractivity contribution >= 4 is 17.6 Å². The van der Waals surface area contributed by atoms with Crippen molar-refractivity contribution < 1.29 is 14.3 Å². The van der Waals surface area contributed by atoms with Crippen LogP contribution in [0.4, 0.5) is 0 Å². The zero-order valence-electron chi connectivity index (χ0n) is 14.5. The minimum absolute atomic E-state index is 0.0704. The normalized spacial score (nSPS) is 32.6. The van der Waals surface area contributed by atoms with E-state index in [0.29, 0.717) is 22.9 Å². The number of carbonyl (C=O) groups excluding carboxylic acids is 1. The van der Waals surface area contributed by atoms with Gasteiger partial charge in [0.05, 0.1) is 0 Å². The number of nitrogens with one attached hydrogen (secondary N) is 1. The quantitative estimate of drug-likeness (QED) is 0.591. The lowest BCUT2D eigenvalue weighted by molar-refractivity contribution is -0.146. The SMILES string of the molecule is O=C(COc1ccc(Cl)cc1)OCCNC12CC3CC(CC(C3)C1)C2. The maximum absolute atomic E-state index is 11.8. The molecular weight excluding hydrogens is 338 g/mol. The summed E-state index contributed by atoms with van der Waals surface area (Å²) in [6.07, 6.45) is 8.26. The van der Waals surface area contributed by atoms with Gasteiger partial charge in [0.2, 0.25) is 0 Å². The molecule has 1 aromatic carbocycles. The third-order valence-corrected chi connectivity index (χ3v) is 6.33. The summed E-state index contributed by atoms with van der Waals surface area (Å²) in [4.78, 5) is 11.8. The molecule has 4 aliphatic carbocycles. The Bertz CT molecular complexity index is 581. The van der Waals surface area contributed by atoms with Crippen molar-refractivity contribution in [3.63, 3.8) is 0 Å². The molecular formula is C20H26ClNO3. The maximum atomic E-state index is 11.8. The summed E-state index contributed by atoms with van der Waals surface area (Å²) in [5.41, 5.74) is 0.320. The average Bonchev–Trinajstić information content (AvgIpc) is 2.57. The monoisotopic (exact) mass is 363 g/mol. The van der Waals surface area contributed by atoms with Crippen LogP contribution >= 0.6 is 11.6 Å². The second kappa shape index (κ2) is 7.16. The van der Waals surface area contributed by atoms with Gasteiger partial charge in [-0.25, -0.2) is 4.79 Å². The van der Waals surface area contributed by atoms with E-state index in [1.807, 2.05) is 0 Å². The van der Waals surface area contributed by atoms with E-state index in [0.717, 1.165) is 24.3 Å². The van der Waals surface area contributed by atoms with Crippen LogP contribution in [0.25, 0.3) is 0 Å². The molecule has 0 amide bonds. The fourth-order valence-corrected chi connectivity index (χ4v) is 5.65. The predicted molar refractivity (Wildman–Crippen MR) is 96.8 cm³/mol. The molecule has 0 aliphatic heterocycles. The Morgan fingerprint density at radius 1 is 1.08 bits per heavy atom. The van der Waals surface area contributed by atoms with Crippen molar-refractivity contribution in [3.05, 3.63) is 29.3 Å². The standard InChI is InChI=1S/C20H26ClNO3/c21-17-1-3-18(4-2-17)25-13-19(23)24-6-5-22-20-10-14-7-15(11-20)9-16(8-14)12-20/h1-4,14-16,22H,5-13H2. The molecule has 25 heavy (non-hydrogen) atoms. The first-order valence-corrected chi connectivity index (χ1v) is 9.77. The lowest BCUT2D eigenvalue weighted by atomic mass is 9.53. The summed E-state index contributed by atoms with van der Waals surface area (Å²) in [5.74, 6) is 3.06. The summed E-state index contributed by atoms with van der Waals surface area (Å²) >= 11 is 5.82. The molecule has 0 spiro atoms. The van der Waals surface area contributed by atoms with Gasteiger partial charge in [0, 0.05) is 17.1 Å². The molecule has 0 aromatic heterocycles. The summed E-state index contributed by atoms with van der Waals surface area (Å²) in [7, 11) is 0. The second-order valence-electron chi connectivity index (χ2n) is 8.09. The highest BCUT2D eigenvalue weighted by Crippen LogP contribution is 2.55. The Morgan fingerprint density at radius 2 is 1.68 bits per heavy atom. The van der Waals surface area contributed by atoms with Crippen LogP contribution in [0.5, 0.6) is 5.75 Å².